The monoisotopic (exact) mass is 137 g/mol. The van der Waals surface area contributed by atoms with Crippen molar-refractivity contribution in [3.8, 4) is 0 Å². The van der Waals surface area contributed by atoms with Crippen LogP contribution >= 0.6 is 0 Å². The quantitative estimate of drug-likeness (QED) is 0.245. The first-order chi connectivity index (χ1) is 4.22. The van der Waals surface area contributed by atoms with Crippen molar-refractivity contribution in [2.45, 2.75) is 12.4 Å². The lowest BCUT2D eigenvalue weighted by molar-refractivity contribution is -0.172. The lowest BCUT2D eigenvalue weighted by atomic mass is 10.4. The predicted octanol–water partition coefficient (Wildman–Crippen LogP) is -1.64. The highest BCUT2D eigenvalue weighted by Crippen LogP contribution is 1.93. The van der Waals surface area contributed by atoms with Gasteiger partial charge in [-0.15, -0.1) is 4.91 Å². The summed E-state index contributed by atoms with van der Waals surface area (Å²) in [6.07, 6.45) is -3.23. The van der Waals surface area contributed by atoms with Gasteiger partial charge in [0, 0.05) is 0 Å². The molecule has 3 N–H and O–H groups in total. The second-order valence-electron chi connectivity index (χ2n) is 1.32. The van der Waals surface area contributed by atoms with Gasteiger partial charge in [0.15, 0.2) is 5.34 Å². The number of hydrogen-bond donors (Lipinski definition) is 3. The highest BCUT2D eigenvalue weighted by molar-refractivity contribution is 4.53. The zero-order chi connectivity index (χ0) is 7.28. The molecule has 9 heavy (non-hydrogen) atoms. The summed E-state index contributed by atoms with van der Waals surface area (Å²) in [5.74, 6) is 0. The van der Waals surface area contributed by atoms with Gasteiger partial charge in [0.1, 0.15) is 6.10 Å². The van der Waals surface area contributed by atoms with E-state index in [1.165, 1.54) is 0 Å². The molecule has 0 aliphatic rings. The molecule has 2 unspecified atom stereocenters. The molecule has 2 atom stereocenters. The van der Waals surface area contributed by atoms with Gasteiger partial charge in [0.05, 0.1) is 6.61 Å². The Bertz CT molecular complexity index is 86.3. The average molecular weight is 137 g/mol. The molecule has 0 saturated carbocycles. The first-order valence-corrected chi connectivity index (χ1v) is 2.18. The normalized spacial score (nSPS) is 16.3. The Morgan fingerprint density at radius 3 is 2.44 bits per heavy atom. The Hall–Kier alpha value is -0.720. The zero-order valence-corrected chi connectivity index (χ0v) is 4.47. The van der Waals surface area contributed by atoms with E-state index < -0.39 is 19.0 Å². The summed E-state index contributed by atoms with van der Waals surface area (Å²) >= 11 is 0. The molecule has 0 rings (SSSR count). The van der Waals surface area contributed by atoms with E-state index in [1.54, 1.807) is 0 Å². The molecule has 0 fully saturated rings. The van der Waals surface area contributed by atoms with E-state index in [0.29, 0.717) is 0 Å². The summed E-state index contributed by atoms with van der Waals surface area (Å²) in [7, 11) is 0. The summed E-state index contributed by atoms with van der Waals surface area (Å²) in [5.41, 5.74) is 0. The topological polar surface area (TPSA) is 99.4 Å². The number of aliphatic hydroxyl groups excluding tert-OH is 3. The van der Waals surface area contributed by atoms with Crippen LogP contribution in [0.2, 0.25) is 0 Å². The molecule has 0 aromatic carbocycles. The molecule has 0 aromatic heterocycles. The molecular formula is C3H7NO5. The Kier molecular flexibility index (Phi) is 3.85. The third-order valence-corrected chi connectivity index (χ3v) is 0.667. The molecule has 0 amide bonds. The van der Waals surface area contributed by atoms with E-state index in [0.717, 1.165) is 0 Å². The fourth-order valence-electron chi connectivity index (χ4n) is 0.205. The van der Waals surface area contributed by atoms with E-state index in [4.69, 9.17) is 15.3 Å². The SMILES string of the molecule is O=NOC(O)C(O)CO. The molecule has 0 saturated heterocycles. The van der Waals surface area contributed by atoms with Crippen molar-refractivity contribution in [1.29, 1.82) is 0 Å². The van der Waals surface area contributed by atoms with E-state index in [1.807, 2.05) is 5.34 Å². The predicted molar refractivity (Wildman–Crippen MR) is 26.0 cm³/mol. The van der Waals surface area contributed by atoms with Gasteiger partial charge >= 0.3 is 0 Å². The number of nitrogens with zero attached hydrogens (tertiary/aromatic N) is 1. The van der Waals surface area contributed by atoms with E-state index in [-0.39, 0.29) is 0 Å². The molecule has 6 nitrogen and oxygen atoms in total. The number of aliphatic hydroxyl groups is 3. The van der Waals surface area contributed by atoms with Crippen LogP contribution in [-0.2, 0) is 4.84 Å². The van der Waals surface area contributed by atoms with Crippen LogP contribution in [0.25, 0.3) is 0 Å². The van der Waals surface area contributed by atoms with Crippen LogP contribution in [0, 0.1) is 4.91 Å². The smallest absolute Gasteiger partial charge is 0.256 e. The lowest BCUT2D eigenvalue weighted by Crippen LogP contribution is -2.30. The molecular weight excluding hydrogens is 130 g/mol. The van der Waals surface area contributed by atoms with E-state index in [9.17, 15) is 4.91 Å². The van der Waals surface area contributed by atoms with Crippen LogP contribution in [0.4, 0.5) is 0 Å². The Labute approximate surface area is 50.6 Å². The summed E-state index contributed by atoms with van der Waals surface area (Å²) in [6.45, 7) is -0.684. The second-order valence-corrected chi connectivity index (χ2v) is 1.32. The molecule has 6 heteroatoms. The van der Waals surface area contributed by atoms with Gasteiger partial charge < -0.3 is 20.2 Å². The number of rotatable bonds is 4. The molecule has 0 bridgehead atoms. The van der Waals surface area contributed by atoms with Gasteiger partial charge in [0.25, 0.3) is 6.29 Å². The fraction of sp³-hybridized carbons (Fsp3) is 1.00. The highest BCUT2D eigenvalue weighted by Gasteiger charge is 2.16. The summed E-state index contributed by atoms with van der Waals surface area (Å²) in [6, 6.07) is 0. The highest BCUT2D eigenvalue weighted by atomic mass is 16.8. The first kappa shape index (κ1) is 8.28. The van der Waals surface area contributed by atoms with Gasteiger partial charge in [-0.25, -0.2) is 0 Å². The molecule has 0 aromatic rings. The minimum absolute atomic E-state index is 0.684. The minimum Gasteiger partial charge on any atom is -0.393 e. The van der Waals surface area contributed by atoms with Crippen LogP contribution in [0.5, 0.6) is 0 Å². The van der Waals surface area contributed by atoms with Crippen molar-refractivity contribution >= 4 is 0 Å². The average Bonchev–Trinajstić information content (AvgIpc) is 1.87. The minimum atomic E-state index is -1.74. The molecule has 54 valence electrons. The maximum atomic E-state index is 9.21. The Morgan fingerprint density at radius 1 is 1.56 bits per heavy atom. The third kappa shape index (κ3) is 2.96. The standard InChI is InChI=1S/C3H7NO5/c5-1-2(6)3(7)9-4-8/h2-3,5-7H,1H2. The van der Waals surface area contributed by atoms with Gasteiger partial charge in [-0.05, 0) is 0 Å². The van der Waals surface area contributed by atoms with Gasteiger partial charge in [0.2, 0.25) is 0 Å². The zero-order valence-electron chi connectivity index (χ0n) is 4.47. The molecule has 0 radical (unpaired) electrons. The van der Waals surface area contributed by atoms with Crippen LogP contribution < -0.4 is 0 Å². The van der Waals surface area contributed by atoms with Crippen molar-refractivity contribution < 1.29 is 20.2 Å². The summed E-state index contributed by atoms with van der Waals surface area (Å²) < 4.78 is 0. The molecule has 0 heterocycles. The maximum Gasteiger partial charge on any atom is 0.256 e. The number of hydrogen-bond acceptors (Lipinski definition) is 6. The van der Waals surface area contributed by atoms with Crippen molar-refractivity contribution in [3.63, 3.8) is 0 Å². The molecule has 0 aliphatic heterocycles. The summed E-state index contributed by atoms with van der Waals surface area (Å²) in [4.78, 5) is 12.8. The van der Waals surface area contributed by atoms with Gasteiger partial charge in [-0.1, -0.05) is 0 Å². The van der Waals surface area contributed by atoms with Crippen molar-refractivity contribution in [1.82, 2.24) is 0 Å². The van der Waals surface area contributed by atoms with Gasteiger partial charge in [-0.2, -0.15) is 0 Å². The van der Waals surface area contributed by atoms with E-state index in [2.05, 4.69) is 4.84 Å². The second kappa shape index (κ2) is 4.19. The third-order valence-electron chi connectivity index (χ3n) is 0.667. The Balaban J connectivity index is 3.44. The largest absolute Gasteiger partial charge is 0.393 e. The van der Waals surface area contributed by atoms with E-state index >= 15 is 0 Å². The van der Waals surface area contributed by atoms with Crippen molar-refractivity contribution in [3.05, 3.63) is 4.91 Å². The van der Waals surface area contributed by atoms with Crippen LogP contribution in [0.15, 0.2) is 5.34 Å². The maximum absolute atomic E-state index is 9.21. The Morgan fingerprint density at radius 2 is 2.11 bits per heavy atom. The van der Waals surface area contributed by atoms with Crippen LogP contribution in [-0.4, -0.2) is 34.3 Å². The molecule has 0 spiro atoms. The van der Waals surface area contributed by atoms with Crippen LogP contribution in [0.3, 0.4) is 0 Å². The van der Waals surface area contributed by atoms with Gasteiger partial charge in [-0.3, -0.25) is 0 Å². The van der Waals surface area contributed by atoms with Crippen molar-refractivity contribution in [2.75, 3.05) is 6.61 Å². The fourth-order valence-corrected chi connectivity index (χ4v) is 0.205. The first-order valence-electron chi connectivity index (χ1n) is 2.18. The summed E-state index contributed by atoms with van der Waals surface area (Å²) in [5, 5.41) is 26.8. The molecule has 0 aliphatic carbocycles. The van der Waals surface area contributed by atoms with Crippen LogP contribution in [0.1, 0.15) is 0 Å². The van der Waals surface area contributed by atoms with Crippen molar-refractivity contribution in [2.24, 2.45) is 5.34 Å². The lowest BCUT2D eigenvalue weighted by Gasteiger charge is -2.09.